The van der Waals surface area contributed by atoms with E-state index in [4.69, 9.17) is 3.97 Å². The van der Waals surface area contributed by atoms with Crippen LogP contribution in [-0.4, -0.2) is 33.1 Å². The third kappa shape index (κ3) is 7.64. The van der Waals surface area contributed by atoms with Crippen molar-refractivity contribution in [2.75, 3.05) is 24.6 Å². The molecule has 0 unspecified atom stereocenters. The van der Waals surface area contributed by atoms with Crippen molar-refractivity contribution in [2.24, 2.45) is 0 Å². The average molecular weight is 445 g/mol. The Morgan fingerprint density at radius 2 is 1.03 bits per heavy atom. The number of rotatable bonds is 15. The number of hydrogen-bond acceptors (Lipinski definition) is 3. The summed E-state index contributed by atoms with van der Waals surface area (Å²) in [5.74, 6) is 0. The SMILES string of the molecule is CCCCP(CCCC)(CCCC)(CCCC)OS(=O)(=O)c1cc(C)cc(C)c1. The van der Waals surface area contributed by atoms with E-state index < -0.39 is 16.9 Å². The Morgan fingerprint density at radius 3 is 1.34 bits per heavy atom. The van der Waals surface area contributed by atoms with Gasteiger partial charge in [0.25, 0.3) is 0 Å². The molecule has 0 saturated carbocycles. The van der Waals surface area contributed by atoms with Gasteiger partial charge in [-0.25, -0.2) is 0 Å². The number of hydrogen-bond donors (Lipinski definition) is 0. The first-order chi connectivity index (χ1) is 13.7. The van der Waals surface area contributed by atoms with Gasteiger partial charge in [0, 0.05) is 0 Å². The monoisotopic (exact) mass is 444 g/mol. The minimum absolute atomic E-state index is 0.338. The van der Waals surface area contributed by atoms with Gasteiger partial charge in [-0.15, -0.1) is 0 Å². The fraction of sp³-hybridized carbons (Fsp3) is 0.750. The van der Waals surface area contributed by atoms with Crippen LogP contribution in [-0.2, 0) is 14.1 Å². The summed E-state index contributed by atoms with van der Waals surface area (Å²) in [4.78, 5) is 0.338. The van der Waals surface area contributed by atoms with E-state index >= 15 is 0 Å². The Bertz CT molecular complexity index is 664. The molecule has 0 aliphatic rings. The van der Waals surface area contributed by atoms with Crippen LogP contribution in [0, 0.1) is 13.8 Å². The molecule has 1 aromatic rings. The van der Waals surface area contributed by atoms with E-state index in [1.54, 1.807) is 12.1 Å². The van der Waals surface area contributed by atoms with Crippen LogP contribution < -0.4 is 0 Å². The molecule has 0 fully saturated rings. The molecule has 0 N–H and O–H groups in total. The van der Waals surface area contributed by atoms with Gasteiger partial charge < -0.3 is 0 Å². The van der Waals surface area contributed by atoms with Crippen LogP contribution in [0.3, 0.4) is 0 Å². The van der Waals surface area contributed by atoms with Crippen molar-refractivity contribution in [1.82, 2.24) is 0 Å². The second-order valence-electron chi connectivity index (χ2n) is 9.02. The molecule has 29 heavy (non-hydrogen) atoms. The van der Waals surface area contributed by atoms with Crippen molar-refractivity contribution in [1.29, 1.82) is 0 Å². The van der Waals surface area contributed by atoms with Gasteiger partial charge in [0.05, 0.1) is 0 Å². The fourth-order valence-electron chi connectivity index (χ4n) is 4.45. The summed E-state index contributed by atoms with van der Waals surface area (Å²) in [5, 5.41) is 0. The minimum atomic E-state index is -3.78. The van der Waals surface area contributed by atoms with Crippen molar-refractivity contribution in [2.45, 2.75) is 97.8 Å². The molecule has 0 aliphatic carbocycles. The maximum absolute atomic E-state index is 13.6. The van der Waals surface area contributed by atoms with E-state index in [0.717, 1.165) is 87.1 Å². The van der Waals surface area contributed by atoms with E-state index in [0.29, 0.717) is 4.90 Å². The first-order valence-corrected chi connectivity index (χ1v) is 16.0. The summed E-state index contributed by atoms with van der Waals surface area (Å²) >= 11 is 0. The zero-order chi connectivity index (χ0) is 22.0. The van der Waals surface area contributed by atoms with Gasteiger partial charge in [0.15, 0.2) is 0 Å². The van der Waals surface area contributed by atoms with Crippen LogP contribution >= 0.6 is 6.83 Å². The van der Waals surface area contributed by atoms with Gasteiger partial charge in [0.1, 0.15) is 0 Å². The van der Waals surface area contributed by atoms with Gasteiger partial charge in [-0.3, -0.25) is 0 Å². The summed E-state index contributed by atoms with van der Waals surface area (Å²) in [6.45, 7) is 9.82. The molecule has 0 amide bonds. The van der Waals surface area contributed by atoms with E-state index in [1.807, 2.05) is 19.9 Å². The second kappa shape index (κ2) is 11.8. The summed E-state index contributed by atoms with van der Waals surface area (Å²) in [7, 11) is -3.78. The Labute approximate surface area is 181 Å². The molecule has 0 spiro atoms. The van der Waals surface area contributed by atoms with Gasteiger partial charge >= 0.3 is 181 Å². The molecule has 1 rings (SSSR count). The second-order valence-corrected chi connectivity index (χ2v) is 16.5. The fourth-order valence-corrected chi connectivity index (χ4v) is 14.7. The zero-order valence-electron chi connectivity index (χ0n) is 19.8. The number of aryl methyl sites for hydroxylation is 2. The van der Waals surface area contributed by atoms with Crippen molar-refractivity contribution >= 4 is 16.9 Å². The molecule has 3 nitrogen and oxygen atoms in total. The Balaban J connectivity index is 3.55. The molecule has 5 heteroatoms. The van der Waals surface area contributed by atoms with Crippen molar-refractivity contribution in [3.05, 3.63) is 29.3 Å². The molecule has 0 saturated heterocycles. The van der Waals surface area contributed by atoms with E-state index in [9.17, 15) is 8.42 Å². The summed E-state index contributed by atoms with van der Waals surface area (Å²) in [6.07, 6.45) is 12.3. The van der Waals surface area contributed by atoms with Crippen LogP contribution in [0.1, 0.15) is 90.2 Å². The van der Waals surface area contributed by atoms with Gasteiger partial charge in [0.2, 0.25) is 0 Å². The Hall–Kier alpha value is -0.440. The average Bonchev–Trinajstić information content (AvgIpc) is 2.67. The Kier molecular flexibility index (Phi) is 10.8. The van der Waals surface area contributed by atoms with Crippen LogP contribution in [0.5, 0.6) is 0 Å². The molecular weight excluding hydrogens is 399 g/mol. The molecule has 170 valence electrons. The predicted molar refractivity (Wildman–Crippen MR) is 130 cm³/mol. The first kappa shape index (κ1) is 26.6. The molecule has 0 atom stereocenters. The molecule has 0 aliphatic heterocycles. The first-order valence-electron chi connectivity index (χ1n) is 11.7. The molecular formula is C24H45O3PS. The zero-order valence-corrected chi connectivity index (χ0v) is 21.5. The Morgan fingerprint density at radius 1 is 0.690 bits per heavy atom. The third-order valence-electron chi connectivity index (χ3n) is 6.10. The van der Waals surface area contributed by atoms with E-state index in [1.165, 1.54) is 0 Å². The van der Waals surface area contributed by atoms with Crippen molar-refractivity contribution in [3.63, 3.8) is 0 Å². The van der Waals surface area contributed by atoms with Gasteiger partial charge in [-0.2, -0.15) is 0 Å². The maximum atomic E-state index is 13.6. The van der Waals surface area contributed by atoms with Crippen molar-refractivity contribution < 1.29 is 12.4 Å². The van der Waals surface area contributed by atoms with Gasteiger partial charge in [-0.05, 0) is 0 Å². The van der Waals surface area contributed by atoms with Crippen molar-refractivity contribution in [3.8, 4) is 0 Å². The standard InChI is InChI=1S/C24H45O3PS/c1-7-11-15-28(16-12-8-2,17-13-9-3,18-14-10-4)27-29(25,26)24-20-22(5)19-23(6)21-24/h19-21H,7-18H2,1-6H3. The van der Waals surface area contributed by atoms with E-state index in [-0.39, 0.29) is 0 Å². The van der Waals surface area contributed by atoms with Crippen LogP contribution in [0.4, 0.5) is 0 Å². The summed E-state index contributed by atoms with van der Waals surface area (Å²) in [6, 6.07) is 5.56. The summed E-state index contributed by atoms with van der Waals surface area (Å²) < 4.78 is 33.9. The van der Waals surface area contributed by atoms with Crippen LogP contribution in [0.15, 0.2) is 23.1 Å². The van der Waals surface area contributed by atoms with Crippen LogP contribution in [0.2, 0.25) is 0 Å². The molecule has 1 aromatic carbocycles. The van der Waals surface area contributed by atoms with Crippen LogP contribution in [0.25, 0.3) is 0 Å². The quantitative estimate of drug-likeness (QED) is 0.261. The number of unbranched alkanes of at least 4 members (excludes halogenated alkanes) is 4. The topological polar surface area (TPSA) is 43.4 Å². The predicted octanol–water partition coefficient (Wildman–Crippen LogP) is 7.68. The van der Waals surface area contributed by atoms with E-state index in [2.05, 4.69) is 27.7 Å². The van der Waals surface area contributed by atoms with Gasteiger partial charge in [-0.1, -0.05) is 0 Å². The molecule has 0 radical (unpaired) electrons. The number of benzene rings is 1. The molecule has 0 aromatic heterocycles. The normalized spacial score (nSPS) is 13.9. The third-order valence-corrected chi connectivity index (χ3v) is 15.2. The summed E-state index contributed by atoms with van der Waals surface area (Å²) in [5.41, 5.74) is 1.94. The molecule has 0 heterocycles. The molecule has 0 bridgehead atoms.